The number of fused-ring (bicyclic) bond motifs is 1. The maximum atomic E-state index is 12.6. The molecule has 3 rings (SSSR count). The number of nitrogens with zero attached hydrogens (tertiary/aromatic N) is 1. The average Bonchev–Trinajstić information content (AvgIpc) is 2.89. The van der Waals surface area contributed by atoms with Gasteiger partial charge in [-0.25, -0.2) is 0 Å². The molecule has 6 heteroatoms. The van der Waals surface area contributed by atoms with Crippen LogP contribution >= 0.6 is 0 Å². The van der Waals surface area contributed by atoms with Crippen LogP contribution in [0.1, 0.15) is 21.5 Å². The molecule has 0 heterocycles. The van der Waals surface area contributed by atoms with Crippen LogP contribution in [0.5, 0.6) is 11.5 Å². The molecule has 24 heavy (non-hydrogen) atoms. The van der Waals surface area contributed by atoms with Crippen LogP contribution in [0.3, 0.4) is 0 Å². The summed E-state index contributed by atoms with van der Waals surface area (Å²) in [5.74, 6) is 1.06. The number of methoxy groups -OCH3 is 2. The molecule has 0 spiro atoms. The molecule has 0 radical (unpaired) electrons. The molecule has 0 saturated heterocycles. The van der Waals surface area contributed by atoms with Gasteiger partial charge < -0.3 is 9.47 Å². The van der Waals surface area contributed by atoms with Crippen molar-refractivity contribution in [3.63, 3.8) is 0 Å². The number of ketones is 1. The Balaban J connectivity index is 1.81. The number of hydrogen-bond acceptors (Lipinski definition) is 5. The lowest BCUT2D eigenvalue weighted by molar-refractivity contribution is -0.384. The fourth-order valence-corrected chi connectivity index (χ4v) is 3.10. The van der Waals surface area contributed by atoms with E-state index in [4.69, 9.17) is 9.47 Å². The highest BCUT2D eigenvalue weighted by Gasteiger charge is 2.32. The molecule has 0 saturated carbocycles. The number of rotatable bonds is 5. The van der Waals surface area contributed by atoms with Gasteiger partial charge in [-0.3, -0.25) is 14.9 Å². The number of non-ortho nitro benzene ring substituents is 1. The Labute approximate surface area is 139 Å². The minimum Gasteiger partial charge on any atom is -0.493 e. The summed E-state index contributed by atoms with van der Waals surface area (Å²) in [4.78, 5) is 22.9. The van der Waals surface area contributed by atoms with Gasteiger partial charge in [-0.1, -0.05) is 12.1 Å². The number of nitro benzene ring substituents is 1. The van der Waals surface area contributed by atoms with Crippen LogP contribution in [0.4, 0.5) is 5.69 Å². The first-order valence-corrected chi connectivity index (χ1v) is 7.56. The molecule has 1 aliphatic rings. The van der Waals surface area contributed by atoms with E-state index in [2.05, 4.69) is 0 Å². The Morgan fingerprint density at radius 2 is 1.75 bits per heavy atom. The molecule has 0 aromatic heterocycles. The van der Waals surface area contributed by atoms with Crippen LogP contribution in [0.15, 0.2) is 36.4 Å². The maximum Gasteiger partial charge on any atom is 0.269 e. The van der Waals surface area contributed by atoms with E-state index in [1.54, 1.807) is 25.3 Å². The number of ether oxygens (including phenoxy) is 2. The third-order valence-corrected chi connectivity index (χ3v) is 4.34. The van der Waals surface area contributed by atoms with E-state index in [-0.39, 0.29) is 17.4 Å². The molecule has 0 N–H and O–H groups in total. The molecule has 0 aliphatic heterocycles. The highest BCUT2D eigenvalue weighted by molar-refractivity contribution is 6.03. The summed E-state index contributed by atoms with van der Waals surface area (Å²) in [7, 11) is 3.10. The van der Waals surface area contributed by atoms with Crippen LogP contribution in [-0.2, 0) is 12.8 Å². The molecule has 2 aromatic carbocycles. The van der Waals surface area contributed by atoms with Crippen LogP contribution in [0, 0.1) is 16.0 Å². The zero-order chi connectivity index (χ0) is 17.3. The van der Waals surface area contributed by atoms with Gasteiger partial charge in [-0.2, -0.15) is 0 Å². The number of carbonyl (C=O) groups excluding carboxylic acids is 1. The molecule has 0 fully saturated rings. The van der Waals surface area contributed by atoms with E-state index in [0.717, 1.165) is 11.1 Å². The summed E-state index contributed by atoms with van der Waals surface area (Å²) in [6, 6.07) is 9.92. The predicted octanol–water partition coefficient (Wildman–Crippen LogP) is 3.21. The Kier molecular flexibility index (Phi) is 4.20. The van der Waals surface area contributed by atoms with Gasteiger partial charge in [0.2, 0.25) is 0 Å². The number of nitro groups is 1. The Morgan fingerprint density at radius 3 is 2.33 bits per heavy atom. The second-order valence-corrected chi connectivity index (χ2v) is 5.76. The van der Waals surface area contributed by atoms with Gasteiger partial charge in [-0.05, 0) is 36.1 Å². The highest BCUT2D eigenvalue weighted by Crippen LogP contribution is 2.37. The van der Waals surface area contributed by atoms with Crippen molar-refractivity contribution < 1.29 is 19.2 Å². The van der Waals surface area contributed by atoms with Crippen molar-refractivity contribution in [2.45, 2.75) is 12.8 Å². The first kappa shape index (κ1) is 16.0. The number of benzene rings is 2. The summed E-state index contributed by atoms with van der Waals surface area (Å²) in [6.45, 7) is 0. The molecular formula is C18H17NO5. The maximum absolute atomic E-state index is 12.6. The summed E-state index contributed by atoms with van der Waals surface area (Å²) < 4.78 is 10.5. The molecular weight excluding hydrogens is 310 g/mol. The lowest BCUT2D eigenvalue weighted by atomic mass is 9.95. The van der Waals surface area contributed by atoms with Gasteiger partial charge in [0.05, 0.1) is 19.1 Å². The predicted molar refractivity (Wildman–Crippen MR) is 87.9 cm³/mol. The number of carbonyl (C=O) groups is 1. The lowest BCUT2D eigenvalue weighted by Crippen LogP contribution is -2.12. The van der Waals surface area contributed by atoms with Crippen molar-refractivity contribution in [3.8, 4) is 11.5 Å². The molecule has 6 nitrogen and oxygen atoms in total. The number of Topliss-reactive ketones (excluding diaryl/α,β-unsaturated/α-hetero) is 1. The molecule has 1 unspecified atom stereocenters. The lowest BCUT2D eigenvalue weighted by Gasteiger charge is -2.09. The van der Waals surface area contributed by atoms with Crippen molar-refractivity contribution in [1.82, 2.24) is 0 Å². The van der Waals surface area contributed by atoms with E-state index < -0.39 is 4.92 Å². The van der Waals surface area contributed by atoms with Crippen LogP contribution in [-0.4, -0.2) is 24.9 Å². The Hall–Kier alpha value is -2.89. The van der Waals surface area contributed by atoms with E-state index in [1.165, 1.54) is 19.2 Å². The summed E-state index contributed by atoms with van der Waals surface area (Å²) in [5.41, 5.74) is 2.57. The monoisotopic (exact) mass is 327 g/mol. The minimum atomic E-state index is -0.432. The minimum absolute atomic E-state index is 0.0502. The standard InChI is InChI=1S/C18H17NO5/c1-23-16-9-12-8-13(18(20)15(12)10-17(16)24-2)7-11-3-5-14(6-4-11)19(21)22/h3-6,9-10,13H,7-8H2,1-2H3. The zero-order valence-electron chi connectivity index (χ0n) is 13.4. The van der Waals surface area contributed by atoms with Crippen molar-refractivity contribution in [3.05, 3.63) is 63.2 Å². The van der Waals surface area contributed by atoms with Crippen LogP contribution in [0.25, 0.3) is 0 Å². The second kappa shape index (κ2) is 6.31. The van der Waals surface area contributed by atoms with Gasteiger partial charge in [0.25, 0.3) is 5.69 Å². The normalized spacial score (nSPS) is 15.9. The average molecular weight is 327 g/mol. The van der Waals surface area contributed by atoms with Crippen LogP contribution < -0.4 is 9.47 Å². The first-order valence-electron chi connectivity index (χ1n) is 7.56. The summed E-state index contributed by atoms with van der Waals surface area (Å²) in [6.07, 6.45) is 1.18. The van der Waals surface area contributed by atoms with Gasteiger partial charge in [-0.15, -0.1) is 0 Å². The topological polar surface area (TPSA) is 78.7 Å². The van der Waals surface area contributed by atoms with Crippen molar-refractivity contribution in [1.29, 1.82) is 0 Å². The van der Waals surface area contributed by atoms with E-state index in [0.29, 0.717) is 29.9 Å². The van der Waals surface area contributed by atoms with Gasteiger partial charge in [0.15, 0.2) is 17.3 Å². The Morgan fingerprint density at radius 1 is 1.12 bits per heavy atom. The van der Waals surface area contributed by atoms with E-state index in [1.807, 2.05) is 6.07 Å². The third kappa shape index (κ3) is 2.82. The first-order chi connectivity index (χ1) is 11.5. The zero-order valence-corrected chi connectivity index (χ0v) is 13.4. The number of hydrogen-bond donors (Lipinski definition) is 0. The summed E-state index contributed by atoms with van der Waals surface area (Å²) >= 11 is 0. The second-order valence-electron chi connectivity index (χ2n) is 5.76. The van der Waals surface area contributed by atoms with Crippen molar-refractivity contribution in [2.24, 2.45) is 5.92 Å². The van der Waals surface area contributed by atoms with E-state index >= 15 is 0 Å². The van der Waals surface area contributed by atoms with Crippen molar-refractivity contribution in [2.75, 3.05) is 14.2 Å². The van der Waals surface area contributed by atoms with Gasteiger partial charge in [0, 0.05) is 23.6 Å². The van der Waals surface area contributed by atoms with Crippen molar-refractivity contribution >= 4 is 11.5 Å². The summed E-state index contributed by atoms with van der Waals surface area (Å²) in [5, 5.41) is 10.7. The van der Waals surface area contributed by atoms with Crippen LogP contribution in [0.2, 0.25) is 0 Å². The largest absolute Gasteiger partial charge is 0.493 e. The van der Waals surface area contributed by atoms with Gasteiger partial charge in [0.1, 0.15) is 0 Å². The molecule has 0 amide bonds. The smallest absolute Gasteiger partial charge is 0.269 e. The van der Waals surface area contributed by atoms with Gasteiger partial charge >= 0.3 is 0 Å². The highest BCUT2D eigenvalue weighted by atomic mass is 16.6. The molecule has 1 atom stereocenters. The Bertz CT molecular complexity index is 798. The third-order valence-electron chi connectivity index (χ3n) is 4.34. The molecule has 2 aromatic rings. The fraction of sp³-hybridized carbons (Fsp3) is 0.278. The quantitative estimate of drug-likeness (QED) is 0.622. The molecule has 0 bridgehead atoms. The van der Waals surface area contributed by atoms with E-state index in [9.17, 15) is 14.9 Å². The molecule has 1 aliphatic carbocycles. The molecule has 124 valence electrons. The SMILES string of the molecule is COc1cc2c(cc1OC)C(=O)C(Cc1ccc([N+](=O)[O-])cc1)C2. The fourth-order valence-electron chi connectivity index (χ4n) is 3.10.